The van der Waals surface area contributed by atoms with E-state index >= 15 is 0 Å². The summed E-state index contributed by atoms with van der Waals surface area (Å²) in [6.07, 6.45) is 2.44. The van der Waals surface area contributed by atoms with Crippen molar-refractivity contribution >= 4 is 17.5 Å². The average molecular weight is 310 g/mol. The van der Waals surface area contributed by atoms with E-state index in [1.54, 1.807) is 6.92 Å². The summed E-state index contributed by atoms with van der Waals surface area (Å²) in [7, 11) is 0. The van der Waals surface area contributed by atoms with Gasteiger partial charge in [0.15, 0.2) is 11.6 Å². The largest absolute Gasteiger partial charge is 0.480 e. The molecule has 0 aromatic carbocycles. The van der Waals surface area contributed by atoms with E-state index in [2.05, 4.69) is 5.32 Å². The number of carboxylic acids is 1. The quantitative estimate of drug-likeness (QED) is 0.372. The fourth-order valence-corrected chi connectivity index (χ4v) is 2.77. The summed E-state index contributed by atoms with van der Waals surface area (Å²) in [6.45, 7) is 5.88. The molecule has 1 fully saturated rings. The van der Waals surface area contributed by atoms with Gasteiger partial charge in [-0.1, -0.05) is 13.8 Å². The number of allylic oxidation sites excluding steroid dienone is 2. The molecule has 0 aromatic heterocycles. The molecule has 4 N–H and O–H groups in total. The maximum Gasteiger partial charge on any atom is 0.326 e. The molecule has 0 saturated heterocycles. The molecule has 0 spiro atoms. The third-order valence-electron chi connectivity index (χ3n) is 3.85. The van der Waals surface area contributed by atoms with Crippen LogP contribution in [0.1, 0.15) is 52.9 Å². The number of nitrogens with one attached hydrogen (secondary N) is 1. The van der Waals surface area contributed by atoms with Gasteiger partial charge in [-0.3, -0.25) is 9.59 Å². The lowest BCUT2D eigenvalue weighted by atomic mass is 9.73. The summed E-state index contributed by atoms with van der Waals surface area (Å²) in [6, 6.07) is -0.811. The van der Waals surface area contributed by atoms with Gasteiger partial charge >= 0.3 is 5.97 Å². The number of Topliss-reactive ketones (excluding diaryl/α,β-unsaturated/α-hetero) is 2. The fourth-order valence-electron chi connectivity index (χ4n) is 2.77. The summed E-state index contributed by atoms with van der Waals surface area (Å²) in [5.74, 6) is -1.41. The fraction of sp³-hybridized carbons (Fsp3) is 0.688. The number of carboxylic acid groups (broad SMARTS) is 1. The third-order valence-corrected chi connectivity index (χ3v) is 3.85. The van der Waals surface area contributed by atoms with Crippen LogP contribution in [-0.2, 0) is 14.4 Å². The van der Waals surface area contributed by atoms with Crippen molar-refractivity contribution in [1.82, 2.24) is 5.32 Å². The Kier molecular flexibility index (Phi) is 6.29. The molecule has 0 bridgehead atoms. The zero-order valence-electron chi connectivity index (χ0n) is 13.6. The van der Waals surface area contributed by atoms with Crippen LogP contribution >= 0.6 is 0 Å². The van der Waals surface area contributed by atoms with Gasteiger partial charge in [0.05, 0.1) is 5.57 Å². The molecule has 6 heteroatoms. The molecule has 0 aliphatic heterocycles. The summed E-state index contributed by atoms with van der Waals surface area (Å²) in [4.78, 5) is 35.7. The molecular formula is C16H26N2O4. The molecule has 0 amide bonds. The Morgan fingerprint density at radius 1 is 1.27 bits per heavy atom. The number of nitrogens with two attached hydrogens (primary N) is 1. The standard InChI is InChI=1S/C16H26N2O4/c1-10(18-11(15(21)22)6-4-5-7-17)14-12(19)8-16(2,3)9-13(14)20/h11,18H,4-9,17H2,1-3H3,(H,21,22). The predicted octanol–water partition coefficient (Wildman–Crippen LogP) is 1.39. The van der Waals surface area contributed by atoms with Crippen LogP contribution in [0.3, 0.4) is 0 Å². The highest BCUT2D eigenvalue weighted by molar-refractivity contribution is 6.22. The predicted molar refractivity (Wildman–Crippen MR) is 83.2 cm³/mol. The van der Waals surface area contributed by atoms with Gasteiger partial charge in [-0.05, 0) is 38.1 Å². The second kappa shape index (κ2) is 7.54. The van der Waals surface area contributed by atoms with Crippen molar-refractivity contribution in [1.29, 1.82) is 0 Å². The Hall–Kier alpha value is -1.69. The number of carbonyl (C=O) groups is 3. The van der Waals surface area contributed by atoms with Crippen molar-refractivity contribution in [3.63, 3.8) is 0 Å². The first-order valence-electron chi connectivity index (χ1n) is 7.64. The zero-order chi connectivity index (χ0) is 16.9. The van der Waals surface area contributed by atoms with Crippen LogP contribution in [0.4, 0.5) is 0 Å². The SMILES string of the molecule is CC(NC(CCCCN)C(=O)O)=C1C(=O)CC(C)(C)CC1=O. The molecule has 22 heavy (non-hydrogen) atoms. The normalized spacial score (nSPS) is 19.0. The van der Waals surface area contributed by atoms with Crippen LogP contribution in [0.25, 0.3) is 0 Å². The molecule has 0 radical (unpaired) electrons. The lowest BCUT2D eigenvalue weighted by Crippen LogP contribution is -2.39. The lowest BCUT2D eigenvalue weighted by molar-refractivity contribution is -0.139. The van der Waals surface area contributed by atoms with Crippen LogP contribution in [-0.4, -0.2) is 35.2 Å². The van der Waals surface area contributed by atoms with Crippen LogP contribution in [0.5, 0.6) is 0 Å². The maximum atomic E-state index is 12.2. The van der Waals surface area contributed by atoms with Crippen molar-refractivity contribution in [3.05, 3.63) is 11.3 Å². The van der Waals surface area contributed by atoms with Gasteiger partial charge in [0.2, 0.25) is 0 Å². The number of rotatable bonds is 7. The third kappa shape index (κ3) is 4.94. The Morgan fingerprint density at radius 3 is 2.27 bits per heavy atom. The Morgan fingerprint density at radius 2 is 1.82 bits per heavy atom. The minimum Gasteiger partial charge on any atom is -0.480 e. The number of hydrogen-bond acceptors (Lipinski definition) is 5. The minimum absolute atomic E-state index is 0.129. The summed E-state index contributed by atoms with van der Waals surface area (Å²) >= 11 is 0. The lowest BCUT2D eigenvalue weighted by Gasteiger charge is -2.30. The highest BCUT2D eigenvalue weighted by atomic mass is 16.4. The monoisotopic (exact) mass is 310 g/mol. The molecule has 124 valence electrons. The second-order valence-electron chi connectivity index (χ2n) is 6.68. The average Bonchev–Trinajstić information content (AvgIpc) is 2.34. The second-order valence-corrected chi connectivity index (χ2v) is 6.68. The van der Waals surface area contributed by atoms with Crippen molar-refractivity contribution in [2.45, 2.75) is 58.9 Å². The summed E-state index contributed by atoms with van der Waals surface area (Å²) in [5, 5.41) is 12.1. The number of aliphatic carboxylic acids is 1. The maximum absolute atomic E-state index is 12.2. The van der Waals surface area contributed by atoms with Gasteiger partial charge in [0.25, 0.3) is 0 Å². The number of ketones is 2. The molecule has 0 aromatic rings. The van der Waals surface area contributed by atoms with Gasteiger partial charge in [-0.25, -0.2) is 4.79 Å². The molecule has 1 atom stereocenters. The minimum atomic E-state index is -0.993. The molecule has 1 saturated carbocycles. The van der Waals surface area contributed by atoms with Gasteiger partial charge in [0.1, 0.15) is 6.04 Å². The van der Waals surface area contributed by atoms with Gasteiger partial charge in [-0.2, -0.15) is 0 Å². The summed E-state index contributed by atoms with van der Waals surface area (Å²) in [5.41, 5.74) is 5.57. The van der Waals surface area contributed by atoms with E-state index in [0.29, 0.717) is 37.9 Å². The van der Waals surface area contributed by atoms with Gasteiger partial charge < -0.3 is 16.2 Å². The molecule has 6 nitrogen and oxygen atoms in total. The van der Waals surface area contributed by atoms with E-state index in [9.17, 15) is 19.5 Å². The van der Waals surface area contributed by atoms with E-state index in [-0.39, 0.29) is 22.6 Å². The first-order chi connectivity index (χ1) is 10.2. The Balaban J connectivity index is 2.87. The summed E-state index contributed by atoms with van der Waals surface area (Å²) < 4.78 is 0. The molecule has 1 rings (SSSR count). The van der Waals surface area contributed by atoms with Gasteiger partial charge in [0, 0.05) is 18.5 Å². The molecule has 1 aliphatic carbocycles. The van der Waals surface area contributed by atoms with Crippen molar-refractivity contribution < 1.29 is 19.5 Å². The highest BCUT2D eigenvalue weighted by Gasteiger charge is 2.37. The van der Waals surface area contributed by atoms with Crippen molar-refractivity contribution in [3.8, 4) is 0 Å². The van der Waals surface area contributed by atoms with E-state index in [1.807, 2.05) is 13.8 Å². The topological polar surface area (TPSA) is 109 Å². The molecule has 1 unspecified atom stereocenters. The first kappa shape index (κ1) is 18.4. The van der Waals surface area contributed by atoms with Crippen LogP contribution in [0.2, 0.25) is 0 Å². The first-order valence-corrected chi connectivity index (χ1v) is 7.64. The van der Waals surface area contributed by atoms with Crippen LogP contribution in [0, 0.1) is 5.41 Å². The Bertz CT molecular complexity index is 472. The van der Waals surface area contributed by atoms with Gasteiger partial charge in [-0.15, -0.1) is 0 Å². The zero-order valence-corrected chi connectivity index (χ0v) is 13.6. The van der Waals surface area contributed by atoms with E-state index in [1.165, 1.54) is 0 Å². The van der Waals surface area contributed by atoms with E-state index in [0.717, 1.165) is 6.42 Å². The number of hydrogen-bond donors (Lipinski definition) is 3. The van der Waals surface area contributed by atoms with Crippen LogP contribution < -0.4 is 11.1 Å². The van der Waals surface area contributed by atoms with E-state index in [4.69, 9.17) is 5.73 Å². The highest BCUT2D eigenvalue weighted by Crippen LogP contribution is 2.34. The smallest absolute Gasteiger partial charge is 0.326 e. The Labute approximate surface area is 131 Å². The molecule has 1 aliphatic rings. The van der Waals surface area contributed by atoms with Crippen molar-refractivity contribution in [2.75, 3.05) is 6.54 Å². The molecule has 0 heterocycles. The van der Waals surface area contributed by atoms with E-state index < -0.39 is 12.0 Å². The van der Waals surface area contributed by atoms with Crippen molar-refractivity contribution in [2.24, 2.45) is 11.1 Å². The van der Waals surface area contributed by atoms with Crippen LogP contribution in [0.15, 0.2) is 11.3 Å². The molecular weight excluding hydrogens is 284 g/mol. The number of unbranched alkanes of at least 4 members (excludes halogenated alkanes) is 1. The number of carbonyl (C=O) groups excluding carboxylic acids is 2.